The van der Waals surface area contributed by atoms with Crippen LogP contribution in [0.5, 0.6) is 0 Å². The van der Waals surface area contributed by atoms with E-state index in [1.165, 1.54) is 103 Å². The van der Waals surface area contributed by atoms with Gasteiger partial charge in [0.2, 0.25) is 0 Å². The van der Waals surface area contributed by atoms with Crippen LogP contribution in [0.4, 0.5) is 0 Å². The second kappa shape index (κ2) is 28.7. The Morgan fingerprint density at radius 1 is 0.457 bits per heavy atom. The number of carbonyl (C=O) groups is 2. The fourth-order valence-corrected chi connectivity index (χ4v) is 3.97. The summed E-state index contributed by atoms with van der Waals surface area (Å²) in [6.45, 7) is 5.14. The lowest BCUT2D eigenvalue weighted by atomic mass is 10.1. The Morgan fingerprint density at radius 2 is 0.800 bits per heavy atom. The van der Waals surface area contributed by atoms with E-state index in [2.05, 4.69) is 26.0 Å². The van der Waals surface area contributed by atoms with Crippen molar-refractivity contribution in [2.24, 2.45) is 0 Å². The summed E-state index contributed by atoms with van der Waals surface area (Å²) in [7, 11) is 0. The predicted molar refractivity (Wildman–Crippen MR) is 149 cm³/mol. The summed E-state index contributed by atoms with van der Waals surface area (Å²) in [6.07, 6.45) is 32.3. The van der Waals surface area contributed by atoms with E-state index in [9.17, 15) is 9.59 Å². The second-order valence-electron chi connectivity index (χ2n) is 9.69. The van der Waals surface area contributed by atoms with Gasteiger partial charge in [0.15, 0.2) is 0 Å². The SMILES string of the molecule is CCCCCCCCCC/C=C/COC(=O)CCCC(=O)OC/C=C/CCCCCCCCCC. The Bertz CT molecular complexity index is 478. The van der Waals surface area contributed by atoms with Crippen molar-refractivity contribution in [3.8, 4) is 0 Å². The molecule has 0 rings (SSSR count). The molecule has 0 aliphatic rings. The zero-order valence-corrected chi connectivity index (χ0v) is 23.2. The van der Waals surface area contributed by atoms with Crippen molar-refractivity contribution in [2.45, 2.75) is 149 Å². The van der Waals surface area contributed by atoms with Gasteiger partial charge >= 0.3 is 11.9 Å². The van der Waals surface area contributed by atoms with E-state index < -0.39 is 0 Å². The van der Waals surface area contributed by atoms with Crippen LogP contribution in [0.3, 0.4) is 0 Å². The fourth-order valence-electron chi connectivity index (χ4n) is 3.97. The third-order valence-corrected chi connectivity index (χ3v) is 6.22. The number of carbonyl (C=O) groups excluding carboxylic acids is 2. The van der Waals surface area contributed by atoms with Gasteiger partial charge in [-0.3, -0.25) is 9.59 Å². The molecule has 0 bridgehead atoms. The van der Waals surface area contributed by atoms with E-state index in [0.29, 0.717) is 19.6 Å². The molecule has 35 heavy (non-hydrogen) atoms. The van der Waals surface area contributed by atoms with Crippen molar-refractivity contribution in [1.82, 2.24) is 0 Å². The Hall–Kier alpha value is -1.58. The van der Waals surface area contributed by atoms with Crippen LogP contribution in [0.25, 0.3) is 0 Å². The molecule has 0 aromatic rings. The fraction of sp³-hybridized carbons (Fsp3) is 0.806. The van der Waals surface area contributed by atoms with Gasteiger partial charge in [-0.25, -0.2) is 0 Å². The van der Waals surface area contributed by atoms with E-state index in [0.717, 1.165) is 12.8 Å². The Kier molecular flexibility index (Phi) is 27.4. The second-order valence-corrected chi connectivity index (χ2v) is 9.69. The summed E-state index contributed by atoms with van der Waals surface area (Å²) in [5, 5.41) is 0. The highest BCUT2D eigenvalue weighted by molar-refractivity contribution is 5.72. The van der Waals surface area contributed by atoms with E-state index in [1.807, 2.05) is 12.2 Å². The van der Waals surface area contributed by atoms with Crippen LogP contribution in [0.15, 0.2) is 24.3 Å². The summed E-state index contributed by atoms with van der Waals surface area (Å²) in [5.41, 5.74) is 0. The van der Waals surface area contributed by atoms with Crippen molar-refractivity contribution in [3.05, 3.63) is 24.3 Å². The molecule has 0 atom stereocenters. The van der Waals surface area contributed by atoms with Crippen LogP contribution >= 0.6 is 0 Å². The van der Waals surface area contributed by atoms with Gasteiger partial charge in [0.1, 0.15) is 13.2 Å². The van der Waals surface area contributed by atoms with Crippen molar-refractivity contribution in [1.29, 1.82) is 0 Å². The molecule has 0 fully saturated rings. The summed E-state index contributed by atoms with van der Waals surface area (Å²) >= 11 is 0. The maximum Gasteiger partial charge on any atom is 0.306 e. The largest absolute Gasteiger partial charge is 0.461 e. The van der Waals surface area contributed by atoms with Gasteiger partial charge in [-0.2, -0.15) is 0 Å². The summed E-state index contributed by atoms with van der Waals surface area (Å²) in [4.78, 5) is 23.5. The molecule has 0 aliphatic carbocycles. The highest BCUT2D eigenvalue weighted by atomic mass is 16.5. The number of rotatable bonds is 26. The lowest BCUT2D eigenvalue weighted by Crippen LogP contribution is -2.08. The van der Waals surface area contributed by atoms with Crippen LogP contribution in [0, 0.1) is 0 Å². The maximum atomic E-state index is 11.8. The molecule has 0 saturated carbocycles. The van der Waals surface area contributed by atoms with Gasteiger partial charge in [0, 0.05) is 12.8 Å². The van der Waals surface area contributed by atoms with Crippen LogP contribution in [0.2, 0.25) is 0 Å². The normalized spacial score (nSPS) is 11.5. The molecule has 0 amide bonds. The Labute approximate surface area is 217 Å². The maximum absolute atomic E-state index is 11.8. The molecule has 204 valence electrons. The van der Waals surface area contributed by atoms with Crippen molar-refractivity contribution < 1.29 is 19.1 Å². The number of allylic oxidation sites excluding steroid dienone is 2. The average Bonchev–Trinajstić information content (AvgIpc) is 2.85. The topological polar surface area (TPSA) is 52.6 Å². The van der Waals surface area contributed by atoms with E-state index in [-0.39, 0.29) is 24.8 Å². The quantitative estimate of drug-likeness (QED) is 0.0685. The number of hydrogen-bond donors (Lipinski definition) is 0. The van der Waals surface area contributed by atoms with Gasteiger partial charge in [-0.05, 0) is 32.1 Å². The first-order valence-electron chi connectivity index (χ1n) is 14.8. The molecular formula is C31H56O4. The van der Waals surface area contributed by atoms with E-state index in [1.54, 1.807) is 0 Å². The van der Waals surface area contributed by atoms with E-state index >= 15 is 0 Å². The highest BCUT2D eigenvalue weighted by Crippen LogP contribution is 2.11. The molecule has 4 nitrogen and oxygen atoms in total. The zero-order chi connectivity index (χ0) is 25.7. The Morgan fingerprint density at radius 3 is 1.17 bits per heavy atom. The zero-order valence-electron chi connectivity index (χ0n) is 23.2. The highest BCUT2D eigenvalue weighted by Gasteiger charge is 2.06. The van der Waals surface area contributed by atoms with Gasteiger partial charge in [-0.1, -0.05) is 128 Å². The lowest BCUT2D eigenvalue weighted by molar-refractivity contribution is -0.144. The minimum absolute atomic E-state index is 0.250. The number of ether oxygens (including phenoxy) is 2. The third-order valence-electron chi connectivity index (χ3n) is 6.22. The van der Waals surface area contributed by atoms with Gasteiger partial charge in [0.25, 0.3) is 0 Å². The summed E-state index contributed by atoms with van der Waals surface area (Å²) in [5.74, 6) is -0.500. The molecule has 0 saturated heterocycles. The molecule has 0 unspecified atom stereocenters. The number of unbranched alkanes of at least 4 members (excludes halogenated alkanes) is 16. The monoisotopic (exact) mass is 492 g/mol. The number of hydrogen-bond acceptors (Lipinski definition) is 4. The molecule has 0 radical (unpaired) electrons. The van der Waals surface area contributed by atoms with Crippen LogP contribution in [-0.4, -0.2) is 25.2 Å². The van der Waals surface area contributed by atoms with Gasteiger partial charge in [0.05, 0.1) is 0 Å². The molecule has 0 spiro atoms. The van der Waals surface area contributed by atoms with Gasteiger partial charge < -0.3 is 9.47 Å². The van der Waals surface area contributed by atoms with Crippen molar-refractivity contribution in [2.75, 3.05) is 13.2 Å². The predicted octanol–water partition coefficient (Wildman–Crippen LogP) is 9.42. The standard InChI is InChI=1S/C31H56O4/c1-3-5-7-9-11-13-15-17-19-21-23-28-34-30(32)26-25-27-31(33)35-29-24-22-20-18-16-14-12-10-8-6-4-2/h21-24H,3-20,25-29H2,1-2H3/b23-21+,24-22+. The van der Waals surface area contributed by atoms with Crippen LogP contribution < -0.4 is 0 Å². The first kappa shape index (κ1) is 33.4. The summed E-state index contributed by atoms with van der Waals surface area (Å²) in [6, 6.07) is 0. The molecule has 0 aliphatic heterocycles. The van der Waals surface area contributed by atoms with Crippen molar-refractivity contribution in [3.63, 3.8) is 0 Å². The Balaban J connectivity index is 3.42. The molecule has 0 aromatic carbocycles. The third kappa shape index (κ3) is 28.5. The molecule has 0 heterocycles. The van der Waals surface area contributed by atoms with Crippen molar-refractivity contribution >= 4 is 11.9 Å². The minimum atomic E-state index is -0.250. The number of esters is 2. The van der Waals surface area contributed by atoms with Gasteiger partial charge in [-0.15, -0.1) is 0 Å². The molecule has 0 aromatic heterocycles. The van der Waals surface area contributed by atoms with E-state index in [4.69, 9.17) is 9.47 Å². The van der Waals surface area contributed by atoms with Crippen LogP contribution in [-0.2, 0) is 19.1 Å². The summed E-state index contributed by atoms with van der Waals surface area (Å²) < 4.78 is 10.4. The molecule has 0 N–H and O–H groups in total. The first-order chi connectivity index (χ1) is 17.2. The van der Waals surface area contributed by atoms with Crippen LogP contribution in [0.1, 0.15) is 149 Å². The smallest absolute Gasteiger partial charge is 0.306 e. The first-order valence-corrected chi connectivity index (χ1v) is 14.8. The molecule has 4 heteroatoms. The average molecular weight is 493 g/mol. The minimum Gasteiger partial charge on any atom is -0.461 e. The molecular weight excluding hydrogens is 436 g/mol. The lowest BCUT2D eigenvalue weighted by Gasteiger charge is -2.03.